The van der Waals surface area contributed by atoms with E-state index in [9.17, 15) is 4.79 Å². The second kappa shape index (κ2) is 9.42. The Labute approximate surface area is 176 Å². The van der Waals surface area contributed by atoms with Crippen LogP contribution in [0.2, 0.25) is 0 Å². The fourth-order valence-corrected chi connectivity index (χ4v) is 3.88. The zero-order valence-electron chi connectivity index (χ0n) is 17.0. The highest BCUT2D eigenvalue weighted by Gasteiger charge is 2.21. The van der Waals surface area contributed by atoms with Crippen LogP contribution in [0, 0.1) is 0 Å². The van der Waals surface area contributed by atoms with Gasteiger partial charge in [-0.3, -0.25) is 4.79 Å². The number of methoxy groups -OCH3 is 1. The van der Waals surface area contributed by atoms with E-state index in [0.717, 1.165) is 17.4 Å². The normalized spacial score (nSPS) is 11.1. The number of nitrogens with one attached hydrogen (secondary N) is 1. The van der Waals surface area contributed by atoms with Gasteiger partial charge in [-0.15, -0.1) is 0 Å². The molecule has 0 aliphatic rings. The van der Waals surface area contributed by atoms with Gasteiger partial charge >= 0.3 is 0 Å². The van der Waals surface area contributed by atoms with Crippen LogP contribution in [-0.4, -0.2) is 19.6 Å². The molecule has 4 heteroatoms. The van der Waals surface area contributed by atoms with Gasteiger partial charge in [0.1, 0.15) is 5.58 Å². The Kier molecular flexibility index (Phi) is 6.26. The lowest BCUT2D eigenvalue weighted by Crippen LogP contribution is -2.26. The van der Waals surface area contributed by atoms with Crippen molar-refractivity contribution in [2.75, 3.05) is 13.7 Å². The summed E-state index contributed by atoms with van der Waals surface area (Å²) in [4.78, 5) is 12.9. The average Bonchev–Trinajstić information content (AvgIpc) is 3.17. The van der Waals surface area contributed by atoms with Crippen LogP contribution in [0.5, 0.6) is 0 Å². The van der Waals surface area contributed by atoms with E-state index >= 15 is 0 Å². The Balaban J connectivity index is 1.50. The van der Waals surface area contributed by atoms with Gasteiger partial charge in [-0.25, -0.2) is 0 Å². The Hall–Kier alpha value is -3.37. The SMILES string of the molecule is COCc1c(C(=O)NCCC(c2ccccc2)c2ccccc2)oc2ccccc12. The van der Waals surface area contributed by atoms with Crippen molar-refractivity contribution < 1.29 is 13.9 Å². The Morgan fingerprint density at radius 3 is 2.13 bits per heavy atom. The van der Waals surface area contributed by atoms with Crippen molar-refractivity contribution in [2.45, 2.75) is 18.9 Å². The number of benzene rings is 3. The van der Waals surface area contributed by atoms with Gasteiger partial charge in [0, 0.05) is 30.5 Å². The summed E-state index contributed by atoms with van der Waals surface area (Å²) in [5.74, 6) is 0.328. The maximum atomic E-state index is 12.9. The van der Waals surface area contributed by atoms with E-state index in [2.05, 4.69) is 53.8 Å². The molecule has 4 rings (SSSR count). The third-order valence-corrected chi connectivity index (χ3v) is 5.32. The summed E-state index contributed by atoms with van der Waals surface area (Å²) in [6.45, 7) is 0.868. The van der Waals surface area contributed by atoms with Crippen LogP contribution < -0.4 is 5.32 Å². The van der Waals surface area contributed by atoms with Crippen molar-refractivity contribution in [3.63, 3.8) is 0 Å². The number of carbonyl (C=O) groups excluding carboxylic acids is 1. The third-order valence-electron chi connectivity index (χ3n) is 5.32. The Bertz CT molecular complexity index is 1060. The predicted molar refractivity (Wildman–Crippen MR) is 119 cm³/mol. The summed E-state index contributed by atoms with van der Waals surface area (Å²) in [6.07, 6.45) is 0.791. The molecule has 1 N–H and O–H groups in total. The molecule has 0 saturated carbocycles. The van der Waals surface area contributed by atoms with Crippen molar-refractivity contribution in [1.82, 2.24) is 5.32 Å². The molecule has 4 nitrogen and oxygen atoms in total. The lowest BCUT2D eigenvalue weighted by atomic mass is 9.88. The number of ether oxygens (including phenoxy) is 1. The lowest BCUT2D eigenvalue weighted by Gasteiger charge is -2.18. The average molecular weight is 399 g/mol. The van der Waals surface area contributed by atoms with Gasteiger partial charge in [0.25, 0.3) is 5.91 Å². The molecule has 1 heterocycles. The van der Waals surface area contributed by atoms with Crippen molar-refractivity contribution in [2.24, 2.45) is 0 Å². The molecule has 0 spiro atoms. The van der Waals surface area contributed by atoms with Gasteiger partial charge in [-0.2, -0.15) is 0 Å². The molecular formula is C26H25NO3. The van der Waals surface area contributed by atoms with E-state index < -0.39 is 0 Å². The first kappa shape index (κ1) is 19.9. The zero-order chi connectivity index (χ0) is 20.8. The van der Waals surface area contributed by atoms with Gasteiger partial charge in [-0.05, 0) is 23.6 Å². The van der Waals surface area contributed by atoms with Crippen LogP contribution in [0.25, 0.3) is 11.0 Å². The number of fused-ring (bicyclic) bond motifs is 1. The van der Waals surface area contributed by atoms with E-state index in [-0.39, 0.29) is 11.8 Å². The largest absolute Gasteiger partial charge is 0.451 e. The second-order valence-electron chi connectivity index (χ2n) is 7.26. The van der Waals surface area contributed by atoms with Gasteiger partial charge in [0.2, 0.25) is 0 Å². The molecule has 0 fully saturated rings. The molecule has 3 aromatic carbocycles. The molecule has 0 atom stereocenters. The van der Waals surface area contributed by atoms with Crippen LogP contribution >= 0.6 is 0 Å². The molecule has 0 aliphatic carbocycles. The molecule has 0 bridgehead atoms. The van der Waals surface area contributed by atoms with Crippen molar-refractivity contribution in [1.29, 1.82) is 0 Å². The molecular weight excluding hydrogens is 374 g/mol. The molecule has 1 aromatic heterocycles. The summed E-state index contributed by atoms with van der Waals surface area (Å²) in [6, 6.07) is 28.4. The Morgan fingerprint density at radius 1 is 0.900 bits per heavy atom. The van der Waals surface area contributed by atoms with Gasteiger partial charge in [-0.1, -0.05) is 78.9 Å². The van der Waals surface area contributed by atoms with Crippen molar-refractivity contribution in [3.8, 4) is 0 Å². The van der Waals surface area contributed by atoms with Gasteiger partial charge in [0.15, 0.2) is 5.76 Å². The molecule has 1 amide bonds. The third kappa shape index (κ3) is 4.29. The van der Waals surface area contributed by atoms with Crippen LogP contribution in [0.3, 0.4) is 0 Å². The fourth-order valence-electron chi connectivity index (χ4n) is 3.88. The maximum absolute atomic E-state index is 12.9. The molecule has 4 aromatic rings. The maximum Gasteiger partial charge on any atom is 0.287 e. The number of hydrogen-bond donors (Lipinski definition) is 1. The summed E-state index contributed by atoms with van der Waals surface area (Å²) in [7, 11) is 1.62. The number of para-hydroxylation sites is 1. The van der Waals surface area contributed by atoms with E-state index in [1.54, 1.807) is 7.11 Å². The van der Waals surface area contributed by atoms with E-state index in [4.69, 9.17) is 9.15 Å². The summed E-state index contributed by atoms with van der Waals surface area (Å²) >= 11 is 0. The first-order chi connectivity index (χ1) is 14.8. The van der Waals surface area contributed by atoms with E-state index in [1.165, 1.54) is 11.1 Å². The number of furan rings is 1. The standard InChI is InChI=1S/C26H25NO3/c1-29-18-23-22-14-8-9-15-24(22)30-25(23)26(28)27-17-16-21(19-10-4-2-5-11-19)20-12-6-3-7-13-20/h2-15,21H,16-18H2,1H3,(H,27,28). The number of carbonyl (C=O) groups is 1. The highest BCUT2D eigenvalue weighted by Crippen LogP contribution is 2.28. The fraction of sp³-hybridized carbons (Fsp3) is 0.192. The topological polar surface area (TPSA) is 51.5 Å². The zero-order valence-corrected chi connectivity index (χ0v) is 17.0. The van der Waals surface area contributed by atoms with Gasteiger partial charge < -0.3 is 14.5 Å². The first-order valence-electron chi connectivity index (χ1n) is 10.2. The molecule has 0 saturated heterocycles. The van der Waals surface area contributed by atoms with Crippen molar-refractivity contribution in [3.05, 3.63) is 107 Å². The first-order valence-corrected chi connectivity index (χ1v) is 10.2. The molecule has 152 valence electrons. The molecule has 30 heavy (non-hydrogen) atoms. The minimum atomic E-state index is -0.210. The van der Waals surface area contributed by atoms with Crippen LogP contribution in [-0.2, 0) is 11.3 Å². The van der Waals surface area contributed by atoms with Crippen LogP contribution in [0.1, 0.15) is 39.6 Å². The summed E-state index contributed by atoms with van der Waals surface area (Å²) in [5.41, 5.74) is 3.96. The monoisotopic (exact) mass is 399 g/mol. The molecule has 0 aliphatic heterocycles. The number of amides is 1. The highest BCUT2D eigenvalue weighted by molar-refractivity contribution is 5.99. The highest BCUT2D eigenvalue weighted by atomic mass is 16.5. The van der Waals surface area contributed by atoms with Crippen LogP contribution in [0.15, 0.2) is 89.3 Å². The van der Waals surface area contributed by atoms with Crippen molar-refractivity contribution >= 4 is 16.9 Å². The lowest BCUT2D eigenvalue weighted by molar-refractivity contribution is 0.0920. The van der Waals surface area contributed by atoms with E-state index in [1.807, 2.05) is 36.4 Å². The number of rotatable bonds is 8. The van der Waals surface area contributed by atoms with Gasteiger partial charge in [0.05, 0.1) is 6.61 Å². The van der Waals surface area contributed by atoms with E-state index in [0.29, 0.717) is 24.5 Å². The summed E-state index contributed by atoms with van der Waals surface area (Å²) < 4.78 is 11.2. The second-order valence-corrected chi connectivity index (χ2v) is 7.26. The smallest absolute Gasteiger partial charge is 0.287 e. The predicted octanol–water partition coefficient (Wildman–Crippen LogP) is 5.53. The minimum absolute atomic E-state index is 0.210. The number of hydrogen-bond acceptors (Lipinski definition) is 3. The molecule has 0 unspecified atom stereocenters. The van der Waals surface area contributed by atoms with Crippen LogP contribution in [0.4, 0.5) is 0 Å². The molecule has 0 radical (unpaired) electrons. The minimum Gasteiger partial charge on any atom is -0.451 e. The Morgan fingerprint density at radius 2 is 1.50 bits per heavy atom. The quantitative estimate of drug-likeness (QED) is 0.424. The summed E-state index contributed by atoms with van der Waals surface area (Å²) in [5, 5.41) is 3.95.